The van der Waals surface area contributed by atoms with E-state index in [4.69, 9.17) is 4.74 Å². The number of likely N-dealkylation sites (tertiary alicyclic amines) is 1. The molecule has 132 valence electrons. The fourth-order valence-corrected chi connectivity index (χ4v) is 2.70. The number of ether oxygens (including phenoxy) is 1. The molecule has 2 heterocycles. The first-order chi connectivity index (χ1) is 11.6. The third-order valence-electron chi connectivity index (χ3n) is 4.16. The zero-order chi connectivity index (χ0) is 17.4. The highest BCUT2D eigenvalue weighted by molar-refractivity contribution is 6.39. The Morgan fingerprint density at radius 1 is 1.29 bits per heavy atom. The molecule has 7 nitrogen and oxygen atoms in total. The normalized spacial score (nSPS) is 15.8. The quantitative estimate of drug-likeness (QED) is 0.769. The lowest BCUT2D eigenvalue weighted by Gasteiger charge is -2.32. The number of methoxy groups -OCH3 is 1. The minimum Gasteiger partial charge on any atom is -0.481 e. The molecule has 0 radical (unpaired) electrons. The van der Waals surface area contributed by atoms with Crippen molar-refractivity contribution >= 4 is 17.5 Å². The van der Waals surface area contributed by atoms with Gasteiger partial charge in [-0.2, -0.15) is 0 Å². The van der Waals surface area contributed by atoms with Crippen molar-refractivity contribution < 1.29 is 14.3 Å². The maximum Gasteiger partial charge on any atom is 0.313 e. The van der Waals surface area contributed by atoms with E-state index in [2.05, 4.69) is 27.4 Å². The van der Waals surface area contributed by atoms with Crippen LogP contribution < -0.4 is 15.4 Å². The molecule has 1 aliphatic rings. The summed E-state index contributed by atoms with van der Waals surface area (Å²) in [5, 5.41) is 5.36. The van der Waals surface area contributed by atoms with Gasteiger partial charge in [0.25, 0.3) is 0 Å². The summed E-state index contributed by atoms with van der Waals surface area (Å²) in [6.45, 7) is 5.23. The van der Waals surface area contributed by atoms with Crippen LogP contribution in [-0.2, 0) is 9.59 Å². The van der Waals surface area contributed by atoms with E-state index in [1.807, 2.05) is 0 Å². The Kier molecular flexibility index (Phi) is 6.99. The fraction of sp³-hybridized carbons (Fsp3) is 0.588. The molecule has 2 amide bonds. The Labute approximate surface area is 142 Å². The first-order valence-corrected chi connectivity index (χ1v) is 8.46. The molecule has 1 fully saturated rings. The van der Waals surface area contributed by atoms with Crippen molar-refractivity contribution in [1.29, 1.82) is 0 Å². The van der Waals surface area contributed by atoms with Crippen LogP contribution in [0.15, 0.2) is 18.3 Å². The van der Waals surface area contributed by atoms with Crippen LogP contribution in [0.3, 0.4) is 0 Å². The summed E-state index contributed by atoms with van der Waals surface area (Å²) in [6, 6.07) is 3.33. The lowest BCUT2D eigenvalue weighted by molar-refractivity contribution is -0.136. The largest absolute Gasteiger partial charge is 0.481 e. The van der Waals surface area contributed by atoms with Crippen molar-refractivity contribution in [3.05, 3.63) is 18.3 Å². The first kappa shape index (κ1) is 18.2. The van der Waals surface area contributed by atoms with Gasteiger partial charge >= 0.3 is 11.8 Å². The number of carbonyl (C=O) groups excluding carboxylic acids is 2. The number of hydrogen-bond acceptors (Lipinski definition) is 5. The number of rotatable bonds is 6. The maximum atomic E-state index is 12.0. The summed E-state index contributed by atoms with van der Waals surface area (Å²) in [5.41, 5.74) is 0.463. The molecule has 1 aromatic heterocycles. The van der Waals surface area contributed by atoms with Crippen molar-refractivity contribution in [2.75, 3.05) is 32.1 Å². The lowest BCUT2D eigenvalue weighted by atomic mass is 10.0. The molecule has 0 atom stereocenters. The van der Waals surface area contributed by atoms with Crippen LogP contribution in [0.2, 0.25) is 0 Å². The van der Waals surface area contributed by atoms with E-state index in [1.54, 1.807) is 12.1 Å². The number of unbranched alkanes of at least 4 members (excludes halogenated alkanes) is 1. The van der Waals surface area contributed by atoms with E-state index in [-0.39, 0.29) is 6.04 Å². The monoisotopic (exact) mass is 334 g/mol. The van der Waals surface area contributed by atoms with Crippen LogP contribution in [0.4, 0.5) is 5.69 Å². The predicted octanol–water partition coefficient (Wildman–Crippen LogP) is 1.41. The summed E-state index contributed by atoms with van der Waals surface area (Å²) in [5.74, 6) is -0.819. The molecule has 1 aliphatic heterocycles. The highest BCUT2D eigenvalue weighted by Gasteiger charge is 2.23. The van der Waals surface area contributed by atoms with Crippen molar-refractivity contribution in [3.8, 4) is 5.88 Å². The zero-order valence-corrected chi connectivity index (χ0v) is 14.4. The second-order valence-electron chi connectivity index (χ2n) is 5.99. The summed E-state index contributed by atoms with van der Waals surface area (Å²) in [7, 11) is 1.52. The lowest BCUT2D eigenvalue weighted by Crippen LogP contribution is -2.47. The molecule has 0 aromatic carbocycles. The average molecular weight is 334 g/mol. The topological polar surface area (TPSA) is 83.6 Å². The molecule has 0 unspecified atom stereocenters. The highest BCUT2D eigenvalue weighted by atomic mass is 16.5. The number of hydrogen-bond donors (Lipinski definition) is 2. The Morgan fingerprint density at radius 2 is 2.04 bits per heavy atom. The molecule has 24 heavy (non-hydrogen) atoms. The Bertz CT molecular complexity index is 539. The minimum atomic E-state index is -0.671. The van der Waals surface area contributed by atoms with Gasteiger partial charge in [0.2, 0.25) is 5.88 Å². The fourth-order valence-electron chi connectivity index (χ4n) is 2.70. The molecule has 1 saturated heterocycles. The maximum absolute atomic E-state index is 12.0. The van der Waals surface area contributed by atoms with Gasteiger partial charge in [-0.05, 0) is 31.9 Å². The molecule has 2 N–H and O–H groups in total. The third-order valence-corrected chi connectivity index (χ3v) is 4.16. The Morgan fingerprint density at radius 3 is 2.62 bits per heavy atom. The van der Waals surface area contributed by atoms with Gasteiger partial charge in [-0.25, -0.2) is 4.98 Å². The van der Waals surface area contributed by atoms with Crippen LogP contribution in [0.1, 0.15) is 32.6 Å². The number of amides is 2. The van der Waals surface area contributed by atoms with E-state index in [1.165, 1.54) is 26.1 Å². The summed E-state index contributed by atoms with van der Waals surface area (Å²) < 4.78 is 4.95. The van der Waals surface area contributed by atoms with Crippen molar-refractivity contribution in [2.45, 2.75) is 38.6 Å². The van der Waals surface area contributed by atoms with Crippen molar-refractivity contribution in [1.82, 2.24) is 15.2 Å². The van der Waals surface area contributed by atoms with Gasteiger partial charge in [-0.15, -0.1) is 0 Å². The molecule has 7 heteroatoms. The van der Waals surface area contributed by atoms with Gasteiger partial charge in [0.1, 0.15) is 0 Å². The van der Waals surface area contributed by atoms with Crippen LogP contribution in [0, 0.1) is 0 Å². The summed E-state index contributed by atoms with van der Waals surface area (Å²) in [6.07, 6.45) is 5.61. The number of piperidine rings is 1. The number of carbonyl (C=O) groups is 2. The molecule has 1 aromatic rings. The van der Waals surface area contributed by atoms with Gasteiger partial charge in [0.15, 0.2) is 0 Å². The van der Waals surface area contributed by atoms with Gasteiger partial charge in [0, 0.05) is 25.2 Å². The van der Waals surface area contributed by atoms with Crippen LogP contribution in [0.5, 0.6) is 5.88 Å². The molecular formula is C17H26N4O3. The van der Waals surface area contributed by atoms with Crippen LogP contribution in [-0.4, -0.2) is 54.5 Å². The summed E-state index contributed by atoms with van der Waals surface area (Å²) >= 11 is 0. The van der Waals surface area contributed by atoms with Gasteiger partial charge in [-0.3, -0.25) is 9.59 Å². The van der Waals surface area contributed by atoms with E-state index in [0.717, 1.165) is 32.5 Å². The Balaban J connectivity index is 1.74. The molecule has 0 bridgehead atoms. The SMILES string of the molecule is CCCCN1CCC(NC(=O)C(=O)Nc2ccc(OC)nc2)CC1. The second kappa shape index (κ2) is 9.22. The van der Waals surface area contributed by atoms with Crippen LogP contribution in [0.25, 0.3) is 0 Å². The molecule has 2 rings (SSSR count). The molecule has 0 saturated carbocycles. The zero-order valence-electron chi connectivity index (χ0n) is 14.4. The van der Waals surface area contributed by atoms with Gasteiger partial charge in [-0.1, -0.05) is 13.3 Å². The van der Waals surface area contributed by atoms with Crippen molar-refractivity contribution in [2.24, 2.45) is 0 Å². The molecule has 0 aliphatic carbocycles. The van der Waals surface area contributed by atoms with E-state index in [0.29, 0.717) is 11.6 Å². The third kappa shape index (κ3) is 5.49. The number of nitrogens with one attached hydrogen (secondary N) is 2. The standard InChI is InChI=1S/C17H26N4O3/c1-3-4-9-21-10-7-13(8-11-21)19-16(22)17(23)20-14-5-6-15(24-2)18-12-14/h5-6,12-13H,3-4,7-11H2,1-2H3,(H,19,22)(H,20,23). The van der Waals surface area contributed by atoms with E-state index >= 15 is 0 Å². The van der Waals surface area contributed by atoms with E-state index < -0.39 is 11.8 Å². The van der Waals surface area contributed by atoms with Gasteiger partial charge in [0.05, 0.1) is 19.0 Å². The van der Waals surface area contributed by atoms with E-state index in [9.17, 15) is 9.59 Å². The first-order valence-electron chi connectivity index (χ1n) is 8.46. The number of nitrogens with zero attached hydrogens (tertiary/aromatic N) is 2. The highest BCUT2D eigenvalue weighted by Crippen LogP contribution is 2.12. The summed E-state index contributed by atoms with van der Waals surface area (Å²) in [4.78, 5) is 30.4. The number of aromatic nitrogens is 1. The Hall–Kier alpha value is -2.15. The van der Waals surface area contributed by atoms with Crippen molar-refractivity contribution in [3.63, 3.8) is 0 Å². The predicted molar refractivity (Wildman–Crippen MR) is 91.9 cm³/mol. The smallest absolute Gasteiger partial charge is 0.313 e. The average Bonchev–Trinajstić information content (AvgIpc) is 2.61. The number of pyridine rings is 1. The van der Waals surface area contributed by atoms with Crippen LogP contribution >= 0.6 is 0 Å². The molecular weight excluding hydrogens is 308 g/mol. The minimum absolute atomic E-state index is 0.0649. The molecule has 0 spiro atoms. The van der Waals surface area contributed by atoms with Gasteiger partial charge < -0.3 is 20.3 Å². The second-order valence-corrected chi connectivity index (χ2v) is 5.99. The number of anilines is 1.